The van der Waals surface area contributed by atoms with E-state index in [0.717, 1.165) is 0 Å². The van der Waals surface area contributed by atoms with Crippen LogP contribution in [0.1, 0.15) is 18.2 Å². The summed E-state index contributed by atoms with van der Waals surface area (Å²) in [7, 11) is 0. The van der Waals surface area contributed by atoms with Crippen molar-refractivity contribution in [3.63, 3.8) is 0 Å². The SMILES string of the molecule is CC(=O)OCc1ccc2ccc([O-])c(C#N)c2n1. The Morgan fingerprint density at radius 3 is 2.83 bits per heavy atom. The van der Waals surface area contributed by atoms with Crippen LogP contribution in [0.15, 0.2) is 24.3 Å². The number of fused-ring (bicyclic) bond motifs is 1. The van der Waals surface area contributed by atoms with E-state index in [9.17, 15) is 9.90 Å². The lowest BCUT2D eigenvalue weighted by Crippen LogP contribution is -2.02. The van der Waals surface area contributed by atoms with E-state index in [2.05, 4.69) is 4.98 Å². The highest BCUT2D eigenvalue weighted by molar-refractivity contribution is 5.86. The van der Waals surface area contributed by atoms with Crippen molar-refractivity contribution in [2.45, 2.75) is 13.5 Å². The van der Waals surface area contributed by atoms with Gasteiger partial charge in [0.2, 0.25) is 0 Å². The Morgan fingerprint density at radius 2 is 2.17 bits per heavy atom. The number of pyridine rings is 1. The third-order valence-corrected chi connectivity index (χ3v) is 2.42. The van der Waals surface area contributed by atoms with Gasteiger partial charge in [-0.05, 0) is 6.07 Å². The summed E-state index contributed by atoms with van der Waals surface area (Å²) in [5.41, 5.74) is 0.853. The van der Waals surface area contributed by atoms with Crippen LogP contribution in [-0.4, -0.2) is 11.0 Å². The Hall–Kier alpha value is -2.61. The van der Waals surface area contributed by atoms with Gasteiger partial charge in [-0.2, -0.15) is 5.26 Å². The van der Waals surface area contributed by atoms with Crippen LogP contribution in [-0.2, 0) is 16.1 Å². The first-order chi connectivity index (χ1) is 8.61. The highest BCUT2D eigenvalue weighted by Gasteiger charge is 2.05. The Labute approximate surface area is 103 Å². The van der Waals surface area contributed by atoms with E-state index in [1.165, 1.54) is 13.0 Å². The van der Waals surface area contributed by atoms with Crippen LogP contribution in [0.5, 0.6) is 5.75 Å². The second kappa shape index (κ2) is 4.72. The van der Waals surface area contributed by atoms with Gasteiger partial charge in [-0.3, -0.25) is 4.79 Å². The van der Waals surface area contributed by atoms with Crippen molar-refractivity contribution in [2.24, 2.45) is 0 Å². The third kappa shape index (κ3) is 2.23. The summed E-state index contributed by atoms with van der Waals surface area (Å²) < 4.78 is 4.82. The van der Waals surface area contributed by atoms with Crippen LogP contribution in [0.3, 0.4) is 0 Å². The molecule has 0 saturated heterocycles. The molecule has 5 nitrogen and oxygen atoms in total. The standard InChI is InChI=1S/C13H10N2O3/c1-8(16)18-7-10-4-2-9-3-5-12(17)11(6-14)13(9)15-10/h2-5,17H,7H2,1H3/p-1. The third-order valence-electron chi connectivity index (χ3n) is 2.42. The maximum atomic E-state index is 11.5. The van der Waals surface area contributed by atoms with Crippen LogP contribution < -0.4 is 5.11 Å². The molecule has 0 fully saturated rings. The largest absolute Gasteiger partial charge is 0.872 e. The minimum atomic E-state index is -0.407. The van der Waals surface area contributed by atoms with E-state index >= 15 is 0 Å². The molecule has 0 spiro atoms. The smallest absolute Gasteiger partial charge is 0.303 e. The number of rotatable bonds is 2. The van der Waals surface area contributed by atoms with Crippen molar-refractivity contribution in [3.8, 4) is 11.8 Å². The zero-order chi connectivity index (χ0) is 13.1. The quantitative estimate of drug-likeness (QED) is 0.738. The van der Waals surface area contributed by atoms with Crippen molar-refractivity contribution in [1.82, 2.24) is 4.98 Å². The lowest BCUT2D eigenvalue weighted by atomic mass is 10.1. The molecule has 1 heterocycles. The molecule has 0 saturated carbocycles. The van der Waals surface area contributed by atoms with E-state index in [1.54, 1.807) is 18.2 Å². The molecule has 0 aliphatic rings. The fraction of sp³-hybridized carbons (Fsp3) is 0.154. The molecule has 0 amide bonds. The lowest BCUT2D eigenvalue weighted by molar-refractivity contribution is -0.268. The average molecular weight is 241 g/mol. The second-order valence-corrected chi connectivity index (χ2v) is 3.71. The summed E-state index contributed by atoms with van der Waals surface area (Å²) >= 11 is 0. The summed E-state index contributed by atoms with van der Waals surface area (Å²) in [5, 5.41) is 21.2. The maximum absolute atomic E-state index is 11.5. The molecule has 90 valence electrons. The van der Waals surface area contributed by atoms with Gasteiger partial charge < -0.3 is 9.84 Å². The van der Waals surface area contributed by atoms with Crippen molar-refractivity contribution in [1.29, 1.82) is 5.26 Å². The summed E-state index contributed by atoms with van der Waals surface area (Å²) in [4.78, 5) is 14.9. The van der Waals surface area contributed by atoms with Crippen LogP contribution in [0.4, 0.5) is 0 Å². The maximum Gasteiger partial charge on any atom is 0.303 e. The lowest BCUT2D eigenvalue weighted by Gasteiger charge is -2.10. The van der Waals surface area contributed by atoms with Crippen LogP contribution >= 0.6 is 0 Å². The predicted octanol–water partition coefficient (Wildman–Crippen LogP) is 1.24. The van der Waals surface area contributed by atoms with E-state index in [4.69, 9.17) is 10.00 Å². The van der Waals surface area contributed by atoms with Gasteiger partial charge >= 0.3 is 5.97 Å². The number of aromatic nitrogens is 1. The summed E-state index contributed by atoms with van der Waals surface area (Å²) in [6, 6.07) is 8.23. The Morgan fingerprint density at radius 1 is 1.44 bits per heavy atom. The number of nitrogens with zero attached hydrogens (tertiary/aromatic N) is 2. The van der Waals surface area contributed by atoms with Gasteiger partial charge in [-0.1, -0.05) is 23.9 Å². The molecule has 0 atom stereocenters. The fourth-order valence-corrected chi connectivity index (χ4v) is 1.57. The number of carbonyl (C=O) groups excluding carboxylic acids is 1. The van der Waals surface area contributed by atoms with Gasteiger partial charge in [0.05, 0.1) is 16.8 Å². The first-order valence-electron chi connectivity index (χ1n) is 5.25. The molecule has 0 aliphatic carbocycles. The zero-order valence-corrected chi connectivity index (χ0v) is 9.64. The summed E-state index contributed by atoms with van der Waals surface area (Å²) in [5.74, 6) is -0.767. The van der Waals surface area contributed by atoms with E-state index in [-0.39, 0.29) is 17.9 Å². The number of hydrogen-bond acceptors (Lipinski definition) is 5. The minimum absolute atomic E-state index is 0.0113. The average Bonchev–Trinajstić information content (AvgIpc) is 2.36. The van der Waals surface area contributed by atoms with Crippen molar-refractivity contribution < 1.29 is 14.6 Å². The van der Waals surface area contributed by atoms with Crippen LogP contribution in [0, 0.1) is 11.3 Å². The number of esters is 1. The van der Waals surface area contributed by atoms with Crippen molar-refractivity contribution >= 4 is 16.9 Å². The molecule has 0 radical (unpaired) electrons. The molecule has 2 aromatic rings. The highest BCUT2D eigenvalue weighted by Crippen LogP contribution is 2.23. The molecule has 1 aromatic heterocycles. The summed E-state index contributed by atoms with van der Waals surface area (Å²) in [6.45, 7) is 1.33. The fourth-order valence-electron chi connectivity index (χ4n) is 1.57. The number of hydrogen-bond donors (Lipinski definition) is 0. The van der Waals surface area contributed by atoms with E-state index < -0.39 is 5.97 Å². The Balaban J connectivity index is 2.49. The normalized spacial score (nSPS) is 10.0. The van der Waals surface area contributed by atoms with Gasteiger partial charge in [0, 0.05) is 12.3 Å². The Bertz CT molecular complexity index is 659. The number of benzene rings is 1. The topological polar surface area (TPSA) is 86.0 Å². The summed E-state index contributed by atoms with van der Waals surface area (Å²) in [6.07, 6.45) is 0. The van der Waals surface area contributed by atoms with Gasteiger partial charge in [-0.15, -0.1) is 0 Å². The number of carbonyl (C=O) groups is 1. The molecule has 5 heteroatoms. The molecule has 1 aromatic carbocycles. The molecule has 18 heavy (non-hydrogen) atoms. The minimum Gasteiger partial charge on any atom is -0.872 e. The van der Waals surface area contributed by atoms with E-state index in [1.807, 2.05) is 6.07 Å². The Kier molecular flexibility index (Phi) is 3.11. The van der Waals surface area contributed by atoms with Gasteiger partial charge in [0.1, 0.15) is 12.7 Å². The van der Waals surface area contributed by atoms with E-state index in [0.29, 0.717) is 16.6 Å². The molecule has 0 bridgehead atoms. The van der Waals surface area contributed by atoms with Crippen LogP contribution in [0.25, 0.3) is 10.9 Å². The molecule has 2 rings (SSSR count). The van der Waals surface area contributed by atoms with Gasteiger partial charge in [0.25, 0.3) is 0 Å². The van der Waals surface area contributed by atoms with Gasteiger partial charge in [-0.25, -0.2) is 4.98 Å². The predicted molar refractivity (Wildman–Crippen MR) is 61.4 cm³/mol. The molecule has 0 N–H and O–H groups in total. The first-order valence-corrected chi connectivity index (χ1v) is 5.25. The molecular formula is C13H9N2O3-. The molecular weight excluding hydrogens is 232 g/mol. The number of ether oxygens (including phenoxy) is 1. The molecule has 0 unspecified atom stereocenters. The van der Waals surface area contributed by atoms with Crippen molar-refractivity contribution in [2.75, 3.05) is 0 Å². The van der Waals surface area contributed by atoms with Crippen LogP contribution in [0.2, 0.25) is 0 Å². The van der Waals surface area contributed by atoms with Gasteiger partial charge in [0.15, 0.2) is 0 Å². The zero-order valence-electron chi connectivity index (χ0n) is 9.64. The number of nitriles is 1. The van der Waals surface area contributed by atoms with Crippen molar-refractivity contribution in [3.05, 3.63) is 35.5 Å². The molecule has 0 aliphatic heterocycles. The highest BCUT2D eigenvalue weighted by atomic mass is 16.5. The second-order valence-electron chi connectivity index (χ2n) is 3.71. The first kappa shape index (κ1) is 11.9. The monoisotopic (exact) mass is 241 g/mol.